The van der Waals surface area contributed by atoms with Gasteiger partial charge >= 0.3 is 0 Å². The molecule has 0 unspecified atom stereocenters. The van der Waals surface area contributed by atoms with E-state index in [0.29, 0.717) is 19.5 Å². The molecule has 0 N–H and O–H groups in total. The molecule has 7 nitrogen and oxygen atoms in total. The number of hydrogen-bond donors (Lipinski definition) is 0. The Morgan fingerprint density at radius 2 is 2.37 bits per heavy atom. The molecule has 2 rings (SSSR count). The second kappa shape index (κ2) is 6.11. The van der Waals surface area contributed by atoms with Crippen molar-refractivity contribution in [2.24, 2.45) is 0 Å². The zero-order chi connectivity index (χ0) is 13.7. The van der Waals surface area contributed by atoms with E-state index in [2.05, 4.69) is 9.97 Å². The van der Waals surface area contributed by atoms with Gasteiger partial charge in [0.15, 0.2) is 0 Å². The first-order valence-corrected chi connectivity index (χ1v) is 5.89. The number of ether oxygens (including phenoxy) is 2. The van der Waals surface area contributed by atoms with Crippen molar-refractivity contribution >= 4 is 5.91 Å². The molecular weight excluding hydrogens is 248 g/mol. The lowest BCUT2D eigenvalue weighted by molar-refractivity contribution is -0.134. The van der Waals surface area contributed by atoms with E-state index >= 15 is 0 Å². The Morgan fingerprint density at radius 3 is 3.11 bits per heavy atom. The van der Waals surface area contributed by atoms with Crippen molar-refractivity contribution in [3.8, 4) is 11.9 Å². The van der Waals surface area contributed by atoms with E-state index in [9.17, 15) is 4.79 Å². The van der Waals surface area contributed by atoms with Gasteiger partial charge in [0.05, 0.1) is 6.54 Å². The first-order valence-electron chi connectivity index (χ1n) is 5.89. The van der Waals surface area contributed by atoms with Crippen LogP contribution in [-0.4, -0.2) is 53.7 Å². The smallest absolute Gasteiger partial charge is 0.251 e. The van der Waals surface area contributed by atoms with Crippen molar-refractivity contribution in [3.63, 3.8) is 0 Å². The highest BCUT2D eigenvalue weighted by molar-refractivity contribution is 5.77. The number of rotatable bonds is 4. The fraction of sp³-hybridized carbons (Fsp3) is 0.500. The van der Waals surface area contributed by atoms with Gasteiger partial charge in [-0.15, -0.1) is 0 Å². The van der Waals surface area contributed by atoms with Crippen LogP contribution < -0.4 is 4.74 Å². The van der Waals surface area contributed by atoms with E-state index in [-0.39, 0.29) is 30.2 Å². The Morgan fingerprint density at radius 1 is 1.58 bits per heavy atom. The van der Waals surface area contributed by atoms with Crippen LogP contribution in [0.5, 0.6) is 5.88 Å². The maximum Gasteiger partial charge on any atom is 0.251 e. The number of methoxy groups -OCH3 is 1. The van der Waals surface area contributed by atoms with Crippen LogP contribution in [0.2, 0.25) is 0 Å². The fourth-order valence-electron chi connectivity index (χ4n) is 1.91. The normalized spacial score (nSPS) is 18.1. The van der Waals surface area contributed by atoms with Crippen molar-refractivity contribution < 1.29 is 14.3 Å². The zero-order valence-electron chi connectivity index (χ0n) is 10.6. The van der Waals surface area contributed by atoms with Gasteiger partial charge in [-0.05, 0) is 0 Å². The molecule has 1 aromatic rings. The molecular formula is C12H14N4O3. The van der Waals surface area contributed by atoms with E-state index < -0.39 is 0 Å². The fourth-order valence-corrected chi connectivity index (χ4v) is 1.91. The standard InChI is InChI=1S/C12H14N4O3/c1-18-8-11(17)16-5-2-9(7-16)19-12-10(6-13)14-3-4-15-12/h3-4,9H,2,5,7-8H2,1H3/t9-/m0/s1. The Bertz CT molecular complexity index is 500. The topological polar surface area (TPSA) is 88.3 Å². The summed E-state index contributed by atoms with van der Waals surface area (Å²) in [5, 5.41) is 8.89. The number of nitrogens with zero attached hydrogens (tertiary/aromatic N) is 4. The number of aromatic nitrogens is 2. The molecule has 7 heteroatoms. The molecule has 1 amide bonds. The van der Waals surface area contributed by atoms with Gasteiger partial charge < -0.3 is 14.4 Å². The minimum Gasteiger partial charge on any atom is -0.470 e. The first kappa shape index (κ1) is 13.2. The highest BCUT2D eigenvalue weighted by atomic mass is 16.5. The van der Waals surface area contributed by atoms with Crippen molar-refractivity contribution in [3.05, 3.63) is 18.1 Å². The number of hydrogen-bond acceptors (Lipinski definition) is 6. The Kier molecular flexibility index (Phi) is 4.26. The quantitative estimate of drug-likeness (QED) is 0.757. The average Bonchev–Trinajstić information content (AvgIpc) is 2.88. The lowest BCUT2D eigenvalue weighted by atomic mass is 10.3. The Labute approximate surface area is 110 Å². The molecule has 100 valence electrons. The van der Waals surface area contributed by atoms with Crippen LogP contribution >= 0.6 is 0 Å². The van der Waals surface area contributed by atoms with Crippen molar-refractivity contribution in [1.82, 2.24) is 14.9 Å². The van der Waals surface area contributed by atoms with E-state index in [1.54, 1.807) is 4.90 Å². The van der Waals surface area contributed by atoms with Crippen molar-refractivity contribution in [1.29, 1.82) is 5.26 Å². The van der Waals surface area contributed by atoms with Crippen LogP contribution in [0.1, 0.15) is 12.1 Å². The molecule has 0 radical (unpaired) electrons. The number of amides is 1. The Hall–Kier alpha value is -2.20. The third-order valence-electron chi connectivity index (χ3n) is 2.81. The van der Waals surface area contributed by atoms with Crippen LogP contribution in [-0.2, 0) is 9.53 Å². The highest BCUT2D eigenvalue weighted by Gasteiger charge is 2.28. The van der Waals surface area contributed by atoms with Crippen molar-refractivity contribution in [2.45, 2.75) is 12.5 Å². The van der Waals surface area contributed by atoms with Crippen LogP contribution in [0.15, 0.2) is 12.4 Å². The lowest BCUT2D eigenvalue weighted by Gasteiger charge is -2.16. The van der Waals surface area contributed by atoms with Gasteiger partial charge in [0, 0.05) is 32.5 Å². The molecule has 1 atom stereocenters. The van der Waals surface area contributed by atoms with Crippen LogP contribution in [0, 0.1) is 11.3 Å². The third kappa shape index (κ3) is 3.17. The second-order valence-corrected chi connectivity index (χ2v) is 4.12. The molecule has 0 spiro atoms. The van der Waals surface area contributed by atoms with Crippen LogP contribution in [0.25, 0.3) is 0 Å². The van der Waals surface area contributed by atoms with E-state index in [1.165, 1.54) is 19.5 Å². The molecule has 1 aliphatic rings. The molecule has 1 saturated heterocycles. The number of likely N-dealkylation sites (tertiary alicyclic amines) is 1. The zero-order valence-corrected chi connectivity index (χ0v) is 10.6. The summed E-state index contributed by atoms with van der Waals surface area (Å²) in [7, 11) is 1.49. The largest absolute Gasteiger partial charge is 0.470 e. The van der Waals surface area contributed by atoms with Gasteiger partial charge in [-0.25, -0.2) is 9.97 Å². The molecule has 1 fully saturated rings. The molecule has 2 heterocycles. The molecule has 0 aliphatic carbocycles. The van der Waals surface area contributed by atoms with E-state index in [1.807, 2.05) is 6.07 Å². The summed E-state index contributed by atoms with van der Waals surface area (Å²) in [6.45, 7) is 1.17. The van der Waals surface area contributed by atoms with Gasteiger partial charge in [0.25, 0.3) is 5.88 Å². The lowest BCUT2D eigenvalue weighted by Crippen LogP contribution is -2.33. The molecule has 0 aromatic carbocycles. The molecule has 0 saturated carbocycles. The minimum atomic E-state index is -0.162. The summed E-state index contributed by atoms with van der Waals surface area (Å²) in [6.07, 6.45) is 3.45. The number of nitriles is 1. The highest BCUT2D eigenvalue weighted by Crippen LogP contribution is 2.18. The third-order valence-corrected chi connectivity index (χ3v) is 2.81. The van der Waals surface area contributed by atoms with Crippen LogP contribution in [0.3, 0.4) is 0 Å². The van der Waals surface area contributed by atoms with Gasteiger partial charge in [-0.1, -0.05) is 0 Å². The monoisotopic (exact) mass is 262 g/mol. The van der Waals surface area contributed by atoms with Gasteiger partial charge in [-0.2, -0.15) is 5.26 Å². The summed E-state index contributed by atoms with van der Waals surface area (Å²) in [4.78, 5) is 21.2. The predicted molar refractivity (Wildman–Crippen MR) is 64.2 cm³/mol. The van der Waals surface area contributed by atoms with Gasteiger partial charge in [-0.3, -0.25) is 4.79 Å². The van der Waals surface area contributed by atoms with Crippen molar-refractivity contribution in [2.75, 3.05) is 26.8 Å². The number of carbonyl (C=O) groups excluding carboxylic acids is 1. The maximum atomic E-state index is 11.6. The predicted octanol–water partition coefficient (Wildman–Crippen LogP) is -0.0256. The summed E-state index contributed by atoms with van der Waals surface area (Å²) < 4.78 is 10.4. The van der Waals surface area contributed by atoms with Gasteiger partial charge in [0.1, 0.15) is 18.8 Å². The maximum absolute atomic E-state index is 11.6. The van der Waals surface area contributed by atoms with E-state index in [0.717, 1.165) is 0 Å². The molecule has 19 heavy (non-hydrogen) atoms. The summed E-state index contributed by atoms with van der Waals surface area (Å²) in [5.74, 6) is 0.157. The minimum absolute atomic E-state index is 0.0618. The van der Waals surface area contributed by atoms with E-state index in [4.69, 9.17) is 14.7 Å². The second-order valence-electron chi connectivity index (χ2n) is 4.12. The first-order chi connectivity index (χ1) is 9.24. The van der Waals surface area contributed by atoms with Gasteiger partial charge in [0.2, 0.25) is 11.6 Å². The number of carbonyl (C=O) groups is 1. The summed E-state index contributed by atoms with van der Waals surface area (Å²) in [5.41, 5.74) is 0.157. The Balaban J connectivity index is 1.95. The molecule has 1 aliphatic heterocycles. The summed E-state index contributed by atoms with van der Waals surface area (Å²) >= 11 is 0. The van der Waals surface area contributed by atoms with Crippen LogP contribution in [0.4, 0.5) is 0 Å². The molecule has 0 bridgehead atoms. The average molecular weight is 262 g/mol. The summed E-state index contributed by atoms with van der Waals surface area (Å²) in [6, 6.07) is 1.92. The SMILES string of the molecule is COCC(=O)N1CC[C@H](Oc2nccnc2C#N)C1. The molecule has 1 aromatic heterocycles.